The molecule has 2 aromatic rings. The SMILES string of the molecule is NC1CCC2CN(S(=O)(=O)c3cccc4ncccc34)CC12. The number of nitrogens with two attached hydrogens (primary N) is 1. The molecule has 1 aromatic carbocycles. The zero-order chi connectivity index (χ0) is 15.3. The summed E-state index contributed by atoms with van der Waals surface area (Å²) in [4.78, 5) is 4.60. The number of nitrogens with zero attached hydrogens (tertiary/aromatic N) is 2. The minimum absolute atomic E-state index is 0.138. The first-order valence-electron chi connectivity index (χ1n) is 7.67. The number of hydrogen-bond acceptors (Lipinski definition) is 4. The van der Waals surface area contributed by atoms with Gasteiger partial charge in [-0.05, 0) is 48.9 Å². The molecule has 2 heterocycles. The maximum Gasteiger partial charge on any atom is 0.243 e. The van der Waals surface area contributed by atoms with Crippen molar-refractivity contribution in [2.24, 2.45) is 17.6 Å². The highest BCUT2D eigenvalue weighted by atomic mass is 32.2. The number of sulfonamides is 1. The van der Waals surface area contributed by atoms with Crippen molar-refractivity contribution in [1.82, 2.24) is 9.29 Å². The van der Waals surface area contributed by atoms with Crippen molar-refractivity contribution in [2.75, 3.05) is 13.1 Å². The molecule has 0 bridgehead atoms. The lowest BCUT2D eigenvalue weighted by molar-refractivity contribution is 0.427. The van der Waals surface area contributed by atoms with Gasteiger partial charge in [0.1, 0.15) is 0 Å². The molecule has 4 rings (SSSR count). The van der Waals surface area contributed by atoms with Crippen molar-refractivity contribution in [3.63, 3.8) is 0 Å². The predicted octanol–water partition coefficient (Wildman–Crippen LogP) is 1.59. The molecule has 2 fully saturated rings. The Kier molecular flexibility index (Phi) is 3.21. The lowest BCUT2D eigenvalue weighted by Crippen LogP contribution is -2.33. The molecule has 1 aliphatic carbocycles. The molecule has 22 heavy (non-hydrogen) atoms. The van der Waals surface area contributed by atoms with Gasteiger partial charge in [0.05, 0.1) is 10.4 Å². The van der Waals surface area contributed by atoms with E-state index in [9.17, 15) is 8.42 Å². The van der Waals surface area contributed by atoms with Gasteiger partial charge in [-0.15, -0.1) is 0 Å². The first-order valence-corrected chi connectivity index (χ1v) is 9.11. The van der Waals surface area contributed by atoms with Crippen LogP contribution in [-0.2, 0) is 10.0 Å². The van der Waals surface area contributed by atoms with Crippen molar-refractivity contribution in [3.05, 3.63) is 36.5 Å². The van der Waals surface area contributed by atoms with Gasteiger partial charge < -0.3 is 5.73 Å². The number of fused-ring (bicyclic) bond motifs is 2. The van der Waals surface area contributed by atoms with Crippen LogP contribution in [-0.4, -0.2) is 36.8 Å². The van der Waals surface area contributed by atoms with E-state index < -0.39 is 10.0 Å². The Hall–Kier alpha value is -1.50. The Morgan fingerprint density at radius 2 is 2.00 bits per heavy atom. The highest BCUT2D eigenvalue weighted by Crippen LogP contribution is 2.39. The minimum atomic E-state index is -3.49. The van der Waals surface area contributed by atoms with Gasteiger partial charge in [-0.1, -0.05) is 6.07 Å². The summed E-state index contributed by atoms with van der Waals surface area (Å²) in [5, 5.41) is 0.686. The zero-order valence-electron chi connectivity index (χ0n) is 12.2. The van der Waals surface area contributed by atoms with Gasteiger partial charge in [-0.25, -0.2) is 8.42 Å². The summed E-state index contributed by atoms with van der Waals surface area (Å²) in [5.74, 6) is 0.723. The van der Waals surface area contributed by atoms with Crippen LogP contribution in [0.15, 0.2) is 41.4 Å². The fraction of sp³-hybridized carbons (Fsp3) is 0.438. The molecule has 5 nitrogen and oxygen atoms in total. The van der Waals surface area contributed by atoms with Crippen molar-refractivity contribution in [1.29, 1.82) is 0 Å². The van der Waals surface area contributed by atoms with Crippen LogP contribution >= 0.6 is 0 Å². The van der Waals surface area contributed by atoms with Crippen molar-refractivity contribution in [2.45, 2.75) is 23.8 Å². The van der Waals surface area contributed by atoms with Gasteiger partial charge in [0.15, 0.2) is 0 Å². The van der Waals surface area contributed by atoms with Crippen molar-refractivity contribution in [3.8, 4) is 0 Å². The van der Waals surface area contributed by atoms with Crippen molar-refractivity contribution < 1.29 is 8.42 Å². The Labute approximate surface area is 130 Å². The molecule has 0 spiro atoms. The second-order valence-corrected chi connectivity index (χ2v) is 8.22. The molecular weight excluding hydrogens is 298 g/mol. The number of hydrogen-bond donors (Lipinski definition) is 1. The van der Waals surface area contributed by atoms with E-state index in [-0.39, 0.29) is 6.04 Å². The minimum Gasteiger partial charge on any atom is -0.327 e. The molecule has 2 N–H and O–H groups in total. The first-order chi connectivity index (χ1) is 10.6. The summed E-state index contributed by atoms with van der Waals surface area (Å²) < 4.78 is 27.7. The second-order valence-electron chi connectivity index (χ2n) is 6.31. The Morgan fingerprint density at radius 3 is 2.82 bits per heavy atom. The second kappa shape index (κ2) is 5.01. The number of pyridine rings is 1. The van der Waals surface area contributed by atoms with Gasteiger partial charge in [-0.3, -0.25) is 4.98 Å². The largest absolute Gasteiger partial charge is 0.327 e. The quantitative estimate of drug-likeness (QED) is 0.912. The van der Waals surface area contributed by atoms with E-state index in [1.54, 1.807) is 28.7 Å². The third-order valence-corrected chi connectivity index (χ3v) is 6.99. The average Bonchev–Trinajstić information content (AvgIpc) is 3.10. The molecule has 0 amide bonds. The third kappa shape index (κ3) is 2.06. The number of benzene rings is 1. The Balaban J connectivity index is 1.75. The van der Waals surface area contributed by atoms with Crippen LogP contribution in [0, 0.1) is 11.8 Å². The number of rotatable bonds is 2. The van der Waals surface area contributed by atoms with Crippen LogP contribution in [0.4, 0.5) is 0 Å². The van der Waals surface area contributed by atoms with E-state index in [1.165, 1.54) is 0 Å². The van der Waals surface area contributed by atoms with Crippen LogP contribution < -0.4 is 5.73 Å². The molecule has 0 radical (unpaired) electrons. The van der Waals surface area contributed by atoms with Crippen molar-refractivity contribution >= 4 is 20.9 Å². The van der Waals surface area contributed by atoms with E-state index >= 15 is 0 Å². The molecule has 1 aromatic heterocycles. The normalized spacial score (nSPS) is 29.0. The molecule has 1 saturated carbocycles. The van der Waals surface area contributed by atoms with E-state index in [0.29, 0.717) is 40.7 Å². The third-order valence-electron chi connectivity index (χ3n) is 5.10. The lowest BCUT2D eigenvalue weighted by Gasteiger charge is -2.19. The Bertz CT molecular complexity index is 816. The molecule has 116 valence electrons. The monoisotopic (exact) mass is 317 g/mol. The molecule has 1 aliphatic heterocycles. The van der Waals surface area contributed by atoms with Crippen LogP contribution in [0.25, 0.3) is 10.9 Å². The van der Waals surface area contributed by atoms with E-state index in [0.717, 1.165) is 12.8 Å². The van der Waals surface area contributed by atoms with E-state index in [4.69, 9.17) is 5.73 Å². The molecular formula is C16H19N3O2S. The summed E-state index contributed by atoms with van der Waals surface area (Å²) in [6.45, 7) is 1.14. The van der Waals surface area contributed by atoms with E-state index in [1.807, 2.05) is 12.1 Å². The molecule has 2 aliphatic rings. The zero-order valence-corrected chi connectivity index (χ0v) is 13.0. The number of aromatic nitrogens is 1. The molecule has 3 unspecified atom stereocenters. The fourth-order valence-corrected chi connectivity index (χ4v) is 5.64. The predicted molar refractivity (Wildman–Crippen MR) is 84.7 cm³/mol. The summed E-state index contributed by atoms with van der Waals surface area (Å²) in [6.07, 6.45) is 3.73. The fourth-order valence-electron chi connectivity index (χ4n) is 3.90. The summed E-state index contributed by atoms with van der Waals surface area (Å²) >= 11 is 0. The van der Waals surface area contributed by atoms with Crippen LogP contribution in [0.3, 0.4) is 0 Å². The van der Waals surface area contributed by atoms with Crippen LogP contribution in [0.5, 0.6) is 0 Å². The van der Waals surface area contributed by atoms with Gasteiger partial charge in [0.2, 0.25) is 10.0 Å². The Morgan fingerprint density at radius 1 is 1.14 bits per heavy atom. The molecule has 6 heteroatoms. The average molecular weight is 317 g/mol. The highest BCUT2D eigenvalue weighted by Gasteiger charge is 2.45. The maximum absolute atomic E-state index is 13.0. The van der Waals surface area contributed by atoms with E-state index in [2.05, 4.69) is 4.98 Å². The standard InChI is InChI=1S/C16H19N3O2S/c17-14-7-6-11-9-19(10-13(11)14)22(20,21)16-5-1-4-15-12(16)3-2-8-18-15/h1-5,8,11,13-14H,6-7,9-10,17H2. The maximum atomic E-state index is 13.0. The smallest absolute Gasteiger partial charge is 0.243 e. The van der Waals surface area contributed by atoms with Gasteiger partial charge in [0, 0.05) is 30.7 Å². The lowest BCUT2D eigenvalue weighted by atomic mass is 9.98. The topological polar surface area (TPSA) is 76.3 Å². The molecule has 1 saturated heterocycles. The van der Waals surface area contributed by atoms with Gasteiger partial charge >= 0.3 is 0 Å². The highest BCUT2D eigenvalue weighted by molar-refractivity contribution is 7.89. The first kappa shape index (κ1) is 14.1. The van der Waals surface area contributed by atoms with Crippen LogP contribution in [0.1, 0.15) is 12.8 Å². The van der Waals surface area contributed by atoms with Gasteiger partial charge in [0.25, 0.3) is 0 Å². The van der Waals surface area contributed by atoms with Crippen LogP contribution in [0.2, 0.25) is 0 Å². The summed E-state index contributed by atoms with van der Waals surface area (Å²) in [6, 6.07) is 8.99. The summed E-state index contributed by atoms with van der Waals surface area (Å²) in [7, 11) is -3.49. The molecule has 3 atom stereocenters. The summed E-state index contributed by atoms with van der Waals surface area (Å²) in [5.41, 5.74) is 6.83. The van der Waals surface area contributed by atoms with Gasteiger partial charge in [-0.2, -0.15) is 4.31 Å².